The zero-order chi connectivity index (χ0) is 27.5. The molecule has 3 aromatic carbocycles. The standard InChI is InChI=1S/C31H36N4O4/c36-20-19-32-31(39)35(26-11-5-2-6-12-26)22-23-15-17-24(18-16-23)27-13-7-8-14-28(27)30(38)33-21-29(37)34-25-9-3-1-4-10-25/h1-6,9-12,15-18,27-28,36H,7-8,13-14,19-22H2,(H,32,39)(H,33,38)(H,34,37)/t27-,28+/m0/s1. The van der Waals surface area contributed by atoms with Gasteiger partial charge in [-0.1, -0.05) is 73.5 Å². The van der Waals surface area contributed by atoms with Crippen molar-refractivity contribution >= 4 is 29.2 Å². The zero-order valence-electron chi connectivity index (χ0n) is 22.0. The molecule has 4 rings (SSSR count). The van der Waals surface area contributed by atoms with Gasteiger partial charge in [-0.3, -0.25) is 14.5 Å². The number of benzene rings is 3. The van der Waals surface area contributed by atoms with Crippen LogP contribution in [0.5, 0.6) is 0 Å². The first-order valence-electron chi connectivity index (χ1n) is 13.5. The molecule has 2 atom stereocenters. The first kappa shape index (κ1) is 27.9. The number of hydrogen-bond acceptors (Lipinski definition) is 4. The van der Waals surface area contributed by atoms with Gasteiger partial charge >= 0.3 is 6.03 Å². The van der Waals surface area contributed by atoms with Crippen LogP contribution in [0.1, 0.15) is 42.7 Å². The van der Waals surface area contributed by atoms with E-state index in [4.69, 9.17) is 5.11 Å². The van der Waals surface area contributed by atoms with Crippen LogP contribution < -0.4 is 20.9 Å². The number of nitrogens with one attached hydrogen (secondary N) is 3. The summed E-state index contributed by atoms with van der Waals surface area (Å²) in [6.07, 6.45) is 3.73. The number of nitrogens with zero attached hydrogens (tertiary/aromatic N) is 1. The summed E-state index contributed by atoms with van der Waals surface area (Å²) >= 11 is 0. The maximum atomic E-state index is 13.1. The zero-order valence-corrected chi connectivity index (χ0v) is 22.0. The summed E-state index contributed by atoms with van der Waals surface area (Å²) in [5, 5.41) is 17.5. The highest BCUT2D eigenvalue weighted by molar-refractivity contribution is 5.95. The fourth-order valence-electron chi connectivity index (χ4n) is 5.07. The van der Waals surface area contributed by atoms with Crippen LogP contribution in [0.15, 0.2) is 84.9 Å². The fourth-order valence-corrected chi connectivity index (χ4v) is 5.07. The molecule has 0 heterocycles. The SMILES string of the molecule is O=C(CNC(=O)[C@@H]1CCCC[C@H]1c1ccc(CN(C(=O)NCCO)c2ccccc2)cc1)Nc1ccccc1. The number of amides is 4. The minimum absolute atomic E-state index is 0.0659. The minimum atomic E-state index is -0.278. The summed E-state index contributed by atoms with van der Waals surface area (Å²) in [6, 6.07) is 26.4. The number of para-hydroxylation sites is 2. The molecule has 0 bridgehead atoms. The molecule has 0 saturated heterocycles. The molecule has 8 nitrogen and oxygen atoms in total. The van der Waals surface area contributed by atoms with Gasteiger partial charge in [0.1, 0.15) is 0 Å². The van der Waals surface area contributed by atoms with Crippen molar-refractivity contribution in [1.29, 1.82) is 0 Å². The van der Waals surface area contributed by atoms with E-state index in [2.05, 4.69) is 16.0 Å². The van der Waals surface area contributed by atoms with E-state index in [0.717, 1.165) is 42.5 Å². The molecule has 39 heavy (non-hydrogen) atoms. The van der Waals surface area contributed by atoms with Crippen LogP contribution in [0.4, 0.5) is 16.2 Å². The van der Waals surface area contributed by atoms with Crippen molar-refractivity contribution in [3.63, 3.8) is 0 Å². The van der Waals surface area contributed by atoms with E-state index in [1.807, 2.05) is 72.8 Å². The molecule has 8 heteroatoms. The number of aliphatic hydroxyl groups is 1. The van der Waals surface area contributed by atoms with Crippen molar-refractivity contribution in [1.82, 2.24) is 10.6 Å². The second-order valence-corrected chi connectivity index (χ2v) is 9.75. The number of hydrogen-bond donors (Lipinski definition) is 4. The van der Waals surface area contributed by atoms with Crippen LogP contribution in [0.3, 0.4) is 0 Å². The summed E-state index contributed by atoms with van der Waals surface area (Å²) in [4.78, 5) is 39.8. The third-order valence-electron chi connectivity index (χ3n) is 7.03. The third kappa shape index (κ3) is 7.91. The highest BCUT2D eigenvalue weighted by Crippen LogP contribution is 2.38. The predicted molar refractivity (Wildman–Crippen MR) is 152 cm³/mol. The Bertz CT molecular complexity index is 1220. The second kappa shape index (κ2) is 14.1. The lowest BCUT2D eigenvalue weighted by molar-refractivity contribution is -0.128. The Morgan fingerprint density at radius 3 is 2.18 bits per heavy atom. The lowest BCUT2D eigenvalue weighted by Crippen LogP contribution is -2.40. The number of anilines is 2. The van der Waals surface area contributed by atoms with E-state index in [9.17, 15) is 14.4 Å². The van der Waals surface area contributed by atoms with Crippen LogP contribution in [-0.2, 0) is 16.1 Å². The van der Waals surface area contributed by atoms with Crippen LogP contribution >= 0.6 is 0 Å². The monoisotopic (exact) mass is 528 g/mol. The molecule has 0 radical (unpaired) electrons. The van der Waals surface area contributed by atoms with Crippen molar-refractivity contribution < 1.29 is 19.5 Å². The van der Waals surface area contributed by atoms with Crippen molar-refractivity contribution in [3.05, 3.63) is 96.1 Å². The van der Waals surface area contributed by atoms with E-state index in [0.29, 0.717) is 12.2 Å². The van der Waals surface area contributed by atoms with Crippen molar-refractivity contribution in [3.8, 4) is 0 Å². The lowest BCUT2D eigenvalue weighted by Gasteiger charge is -2.31. The molecule has 0 unspecified atom stereocenters. The van der Waals surface area contributed by atoms with E-state index in [-0.39, 0.29) is 49.4 Å². The molecule has 1 aliphatic rings. The van der Waals surface area contributed by atoms with Gasteiger partial charge in [0.05, 0.1) is 19.7 Å². The summed E-state index contributed by atoms with van der Waals surface area (Å²) in [6.45, 7) is 0.354. The molecule has 1 saturated carbocycles. The van der Waals surface area contributed by atoms with Gasteiger partial charge in [0.15, 0.2) is 0 Å². The van der Waals surface area contributed by atoms with Gasteiger partial charge < -0.3 is 21.1 Å². The van der Waals surface area contributed by atoms with E-state index in [1.54, 1.807) is 17.0 Å². The van der Waals surface area contributed by atoms with Crippen molar-refractivity contribution in [2.24, 2.45) is 5.92 Å². The van der Waals surface area contributed by atoms with E-state index < -0.39 is 0 Å². The number of carbonyl (C=O) groups excluding carboxylic acids is 3. The topological polar surface area (TPSA) is 111 Å². The van der Waals surface area contributed by atoms with Gasteiger partial charge in [0, 0.05) is 23.8 Å². The number of urea groups is 1. The summed E-state index contributed by atoms with van der Waals surface area (Å²) in [5.41, 5.74) is 3.50. The molecule has 0 aromatic heterocycles. The lowest BCUT2D eigenvalue weighted by atomic mass is 9.75. The summed E-state index contributed by atoms with van der Waals surface area (Å²) < 4.78 is 0. The molecular weight excluding hydrogens is 492 g/mol. The van der Waals surface area contributed by atoms with Crippen LogP contribution in [0.25, 0.3) is 0 Å². The van der Waals surface area contributed by atoms with Crippen molar-refractivity contribution in [2.75, 3.05) is 29.9 Å². The predicted octanol–water partition coefficient (Wildman–Crippen LogP) is 4.42. The number of carbonyl (C=O) groups is 3. The average Bonchev–Trinajstić information content (AvgIpc) is 2.98. The van der Waals surface area contributed by atoms with Gasteiger partial charge in [0.25, 0.3) is 0 Å². The van der Waals surface area contributed by atoms with Gasteiger partial charge in [0.2, 0.25) is 11.8 Å². The number of aliphatic hydroxyl groups excluding tert-OH is 1. The number of rotatable bonds is 10. The van der Waals surface area contributed by atoms with E-state index >= 15 is 0 Å². The molecule has 1 fully saturated rings. The Hall–Kier alpha value is -4.17. The van der Waals surface area contributed by atoms with Crippen LogP contribution in [0.2, 0.25) is 0 Å². The molecule has 1 aliphatic carbocycles. The van der Waals surface area contributed by atoms with Gasteiger partial charge in [-0.15, -0.1) is 0 Å². The third-order valence-corrected chi connectivity index (χ3v) is 7.03. The quantitative estimate of drug-likeness (QED) is 0.312. The Morgan fingerprint density at radius 2 is 1.49 bits per heavy atom. The summed E-state index contributed by atoms with van der Waals surface area (Å²) in [7, 11) is 0. The van der Waals surface area contributed by atoms with Crippen molar-refractivity contribution in [2.45, 2.75) is 38.1 Å². The normalized spacial score (nSPS) is 16.6. The highest BCUT2D eigenvalue weighted by Gasteiger charge is 2.32. The van der Waals surface area contributed by atoms with Gasteiger partial charge in [-0.2, -0.15) is 0 Å². The van der Waals surface area contributed by atoms with Crippen LogP contribution in [0, 0.1) is 5.92 Å². The Labute approximate surface area is 229 Å². The van der Waals surface area contributed by atoms with E-state index in [1.165, 1.54) is 0 Å². The smallest absolute Gasteiger partial charge is 0.322 e. The molecule has 3 aromatic rings. The minimum Gasteiger partial charge on any atom is -0.395 e. The largest absolute Gasteiger partial charge is 0.395 e. The Kier molecular flexibility index (Phi) is 10.1. The van der Waals surface area contributed by atoms with Gasteiger partial charge in [-0.05, 0) is 54.2 Å². The Morgan fingerprint density at radius 1 is 0.821 bits per heavy atom. The molecule has 4 N–H and O–H groups in total. The Balaban J connectivity index is 1.39. The average molecular weight is 529 g/mol. The fraction of sp³-hybridized carbons (Fsp3) is 0.323. The molecule has 4 amide bonds. The molecule has 0 spiro atoms. The maximum Gasteiger partial charge on any atom is 0.322 e. The van der Waals surface area contributed by atoms with Crippen LogP contribution in [-0.4, -0.2) is 42.6 Å². The molecular formula is C31H36N4O4. The molecule has 204 valence electrons. The highest BCUT2D eigenvalue weighted by atomic mass is 16.3. The summed E-state index contributed by atoms with van der Waals surface area (Å²) in [5.74, 6) is -0.470. The molecule has 0 aliphatic heterocycles. The first-order valence-corrected chi connectivity index (χ1v) is 13.5. The van der Waals surface area contributed by atoms with Gasteiger partial charge in [-0.25, -0.2) is 4.79 Å². The second-order valence-electron chi connectivity index (χ2n) is 9.75. The maximum absolute atomic E-state index is 13.1. The first-order chi connectivity index (χ1) is 19.0.